The monoisotopic (exact) mass is 156 g/mol. The lowest BCUT2D eigenvalue weighted by Crippen LogP contribution is -2.23. The molecule has 1 rings (SSSR count). The minimum atomic E-state index is -0.588. The van der Waals surface area contributed by atoms with Gasteiger partial charge in [0.25, 0.3) is 0 Å². The van der Waals surface area contributed by atoms with Crippen LogP contribution in [0.25, 0.3) is 0 Å². The Labute approximate surface area is 68.5 Å². The second-order valence-electron chi connectivity index (χ2n) is 3.62. The van der Waals surface area contributed by atoms with Crippen molar-refractivity contribution >= 4 is 0 Å². The lowest BCUT2D eigenvalue weighted by atomic mass is 9.81. The molecule has 1 unspecified atom stereocenters. The van der Waals surface area contributed by atoms with Crippen LogP contribution >= 0.6 is 0 Å². The Bertz CT molecular complexity index is 140. The summed E-state index contributed by atoms with van der Waals surface area (Å²) >= 11 is 0. The van der Waals surface area contributed by atoms with Gasteiger partial charge in [-0.3, -0.25) is 0 Å². The van der Waals surface area contributed by atoms with Crippen molar-refractivity contribution in [3.05, 3.63) is 12.2 Å². The zero-order valence-electron chi connectivity index (χ0n) is 7.39. The molecule has 0 nitrogen and oxygen atoms in total. The molecule has 1 fully saturated rings. The number of allylic oxidation sites excluding steroid dienone is 2. The summed E-state index contributed by atoms with van der Waals surface area (Å²) < 4.78 is 13.2. The molecule has 0 bridgehead atoms. The molecule has 0 saturated heterocycles. The number of alkyl halides is 1. The van der Waals surface area contributed by atoms with E-state index in [-0.39, 0.29) is 5.92 Å². The van der Waals surface area contributed by atoms with Crippen molar-refractivity contribution in [1.29, 1.82) is 0 Å². The molecular formula is C10H17F. The van der Waals surface area contributed by atoms with Gasteiger partial charge >= 0.3 is 0 Å². The molecular weight excluding hydrogens is 139 g/mol. The fraction of sp³-hybridized carbons (Fsp3) is 0.800. The highest BCUT2D eigenvalue weighted by molar-refractivity contribution is 4.93. The largest absolute Gasteiger partial charge is 0.247 e. The average molecular weight is 156 g/mol. The summed E-state index contributed by atoms with van der Waals surface area (Å²) in [7, 11) is 0. The zero-order chi connectivity index (χ0) is 8.27. The Morgan fingerprint density at radius 2 is 2.09 bits per heavy atom. The van der Waals surface area contributed by atoms with Crippen molar-refractivity contribution in [2.45, 2.75) is 39.3 Å². The molecule has 1 aliphatic carbocycles. The van der Waals surface area contributed by atoms with Crippen molar-refractivity contribution in [1.82, 2.24) is 0 Å². The van der Waals surface area contributed by atoms with E-state index in [2.05, 4.69) is 6.92 Å². The van der Waals surface area contributed by atoms with E-state index < -0.39 is 6.17 Å². The van der Waals surface area contributed by atoms with Crippen molar-refractivity contribution < 1.29 is 4.39 Å². The van der Waals surface area contributed by atoms with Gasteiger partial charge in [0.05, 0.1) is 0 Å². The summed E-state index contributed by atoms with van der Waals surface area (Å²) in [5, 5.41) is 0. The van der Waals surface area contributed by atoms with Crippen LogP contribution in [0, 0.1) is 11.8 Å². The maximum atomic E-state index is 13.2. The molecule has 0 spiro atoms. The quantitative estimate of drug-likeness (QED) is 0.511. The van der Waals surface area contributed by atoms with Crippen LogP contribution in [-0.2, 0) is 0 Å². The first kappa shape index (κ1) is 8.76. The van der Waals surface area contributed by atoms with Gasteiger partial charge in [-0.2, -0.15) is 0 Å². The topological polar surface area (TPSA) is 0 Å². The molecule has 0 aromatic rings. The Kier molecular flexibility index (Phi) is 3.10. The molecule has 0 radical (unpaired) electrons. The molecule has 64 valence electrons. The Morgan fingerprint density at radius 3 is 2.64 bits per heavy atom. The molecule has 0 heterocycles. The Balaban J connectivity index is 2.43. The normalized spacial score (nSPS) is 39.7. The predicted molar refractivity (Wildman–Crippen MR) is 46.2 cm³/mol. The van der Waals surface area contributed by atoms with Crippen LogP contribution in [0.3, 0.4) is 0 Å². The maximum Gasteiger partial charge on any atom is 0.107 e. The van der Waals surface area contributed by atoms with Crippen LogP contribution in [0.2, 0.25) is 0 Å². The van der Waals surface area contributed by atoms with E-state index >= 15 is 0 Å². The van der Waals surface area contributed by atoms with E-state index in [1.54, 1.807) is 0 Å². The highest BCUT2D eigenvalue weighted by Gasteiger charge is 2.25. The molecule has 11 heavy (non-hydrogen) atoms. The molecule has 1 heteroatoms. The summed E-state index contributed by atoms with van der Waals surface area (Å²) in [6, 6.07) is 0. The van der Waals surface area contributed by atoms with Gasteiger partial charge in [0.15, 0.2) is 0 Å². The molecule has 0 aromatic heterocycles. The van der Waals surface area contributed by atoms with E-state index in [0.717, 1.165) is 12.8 Å². The lowest BCUT2D eigenvalue weighted by Gasteiger charge is -2.27. The maximum absolute atomic E-state index is 13.2. The summed E-state index contributed by atoms with van der Waals surface area (Å²) in [6.45, 7) is 4.10. The van der Waals surface area contributed by atoms with Gasteiger partial charge < -0.3 is 0 Å². The number of hydrogen-bond acceptors (Lipinski definition) is 0. The van der Waals surface area contributed by atoms with Crippen molar-refractivity contribution in [2.75, 3.05) is 0 Å². The summed E-state index contributed by atoms with van der Waals surface area (Å²) in [5.41, 5.74) is 0. The fourth-order valence-corrected chi connectivity index (χ4v) is 1.80. The van der Waals surface area contributed by atoms with Gasteiger partial charge in [-0.05, 0) is 32.1 Å². The standard InChI is InChI=1S/C10H17F/c1-3-4-9-6-5-8(2)7-10(9)11/h3-4,8-10H,5-7H2,1-2H3/b4-3+/t8?,9-,10+/m0/s1. The number of hydrogen-bond donors (Lipinski definition) is 0. The molecule has 0 N–H and O–H groups in total. The van der Waals surface area contributed by atoms with Crippen molar-refractivity contribution in [3.8, 4) is 0 Å². The van der Waals surface area contributed by atoms with Gasteiger partial charge in [-0.25, -0.2) is 4.39 Å². The van der Waals surface area contributed by atoms with Crippen molar-refractivity contribution in [3.63, 3.8) is 0 Å². The van der Waals surface area contributed by atoms with Crippen LogP contribution in [0.5, 0.6) is 0 Å². The van der Waals surface area contributed by atoms with Crippen LogP contribution in [0.15, 0.2) is 12.2 Å². The first-order valence-corrected chi connectivity index (χ1v) is 4.51. The van der Waals surface area contributed by atoms with Crippen LogP contribution in [-0.4, -0.2) is 6.17 Å². The molecule has 0 aliphatic heterocycles. The first-order valence-electron chi connectivity index (χ1n) is 4.51. The third kappa shape index (κ3) is 2.32. The van der Waals surface area contributed by atoms with Gasteiger partial charge in [0.2, 0.25) is 0 Å². The van der Waals surface area contributed by atoms with E-state index in [1.807, 2.05) is 19.1 Å². The third-order valence-electron chi connectivity index (χ3n) is 2.52. The van der Waals surface area contributed by atoms with Crippen LogP contribution in [0.1, 0.15) is 33.1 Å². The second-order valence-corrected chi connectivity index (χ2v) is 3.62. The van der Waals surface area contributed by atoms with Gasteiger partial charge in [0, 0.05) is 5.92 Å². The van der Waals surface area contributed by atoms with Crippen molar-refractivity contribution in [2.24, 2.45) is 11.8 Å². The summed E-state index contributed by atoms with van der Waals surface area (Å²) in [5.74, 6) is 0.794. The summed E-state index contributed by atoms with van der Waals surface area (Å²) in [4.78, 5) is 0. The molecule has 0 aromatic carbocycles. The predicted octanol–water partition coefficient (Wildman–Crippen LogP) is 3.34. The molecule has 1 aliphatic rings. The SMILES string of the molecule is C/C=C/[C@H]1CCC(C)C[C@H]1F. The summed E-state index contributed by atoms with van der Waals surface area (Å²) in [6.07, 6.45) is 6.37. The zero-order valence-corrected chi connectivity index (χ0v) is 7.39. The van der Waals surface area contributed by atoms with E-state index in [4.69, 9.17) is 0 Å². The minimum absolute atomic E-state index is 0.205. The Hall–Kier alpha value is -0.330. The van der Waals surface area contributed by atoms with Gasteiger partial charge in [-0.15, -0.1) is 0 Å². The third-order valence-corrected chi connectivity index (χ3v) is 2.52. The minimum Gasteiger partial charge on any atom is -0.247 e. The van der Waals surface area contributed by atoms with Gasteiger partial charge in [-0.1, -0.05) is 19.1 Å². The average Bonchev–Trinajstić information content (AvgIpc) is 1.95. The molecule has 3 atom stereocenters. The van der Waals surface area contributed by atoms with E-state index in [1.165, 1.54) is 6.42 Å². The van der Waals surface area contributed by atoms with Crippen LogP contribution in [0.4, 0.5) is 4.39 Å². The van der Waals surface area contributed by atoms with E-state index in [0.29, 0.717) is 5.92 Å². The second kappa shape index (κ2) is 3.89. The fourth-order valence-electron chi connectivity index (χ4n) is 1.80. The highest BCUT2D eigenvalue weighted by atomic mass is 19.1. The van der Waals surface area contributed by atoms with Gasteiger partial charge in [0.1, 0.15) is 6.17 Å². The number of halogens is 1. The first-order chi connectivity index (χ1) is 5.24. The smallest absolute Gasteiger partial charge is 0.107 e. The Morgan fingerprint density at radius 1 is 1.36 bits per heavy atom. The number of rotatable bonds is 1. The van der Waals surface area contributed by atoms with E-state index in [9.17, 15) is 4.39 Å². The molecule has 0 amide bonds. The van der Waals surface area contributed by atoms with Crippen LogP contribution < -0.4 is 0 Å². The highest BCUT2D eigenvalue weighted by Crippen LogP contribution is 2.31. The lowest BCUT2D eigenvalue weighted by molar-refractivity contribution is 0.161. The molecule has 1 saturated carbocycles.